The molecule has 1 heterocycles. The zero-order valence-corrected chi connectivity index (χ0v) is 11.7. The first-order chi connectivity index (χ1) is 8.30. The molecule has 0 unspecified atom stereocenters. The van der Waals surface area contributed by atoms with Crippen LogP contribution >= 0.6 is 11.3 Å². The standard InChI is InChI=1S/C12H24N4S/c1-3-16(4-2)9-5-8-14-12-15-11(6-7-13)10-17-12/h10H,3-9,13H2,1-2H3,(H,14,15). The zero-order valence-electron chi connectivity index (χ0n) is 10.9. The maximum atomic E-state index is 5.49. The van der Waals surface area contributed by atoms with Crippen molar-refractivity contribution in [1.29, 1.82) is 0 Å². The van der Waals surface area contributed by atoms with Crippen molar-refractivity contribution in [3.8, 4) is 0 Å². The molecule has 0 amide bonds. The van der Waals surface area contributed by atoms with Crippen molar-refractivity contribution in [1.82, 2.24) is 9.88 Å². The van der Waals surface area contributed by atoms with Crippen LogP contribution in [0.3, 0.4) is 0 Å². The van der Waals surface area contributed by atoms with E-state index in [9.17, 15) is 0 Å². The van der Waals surface area contributed by atoms with E-state index in [0.717, 1.165) is 49.8 Å². The fourth-order valence-corrected chi connectivity index (χ4v) is 2.46. The second kappa shape index (κ2) is 8.44. The Balaban J connectivity index is 2.17. The van der Waals surface area contributed by atoms with Gasteiger partial charge in [0.05, 0.1) is 5.69 Å². The van der Waals surface area contributed by atoms with Crippen LogP contribution in [0.4, 0.5) is 5.13 Å². The number of hydrogen-bond donors (Lipinski definition) is 2. The predicted octanol–water partition coefficient (Wildman–Crippen LogP) is 1.79. The van der Waals surface area contributed by atoms with Crippen molar-refractivity contribution in [2.45, 2.75) is 26.7 Å². The molecule has 0 saturated carbocycles. The number of hydrogen-bond acceptors (Lipinski definition) is 5. The number of nitrogens with zero attached hydrogens (tertiary/aromatic N) is 2. The highest BCUT2D eigenvalue weighted by atomic mass is 32.1. The van der Waals surface area contributed by atoms with Crippen molar-refractivity contribution in [3.05, 3.63) is 11.1 Å². The van der Waals surface area contributed by atoms with Crippen molar-refractivity contribution in [3.63, 3.8) is 0 Å². The third kappa shape index (κ3) is 5.48. The van der Waals surface area contributed by atoms with Gasteiger partial charge in [0, 0.05) is 18.3 Å². The number of rotatable bonds is 9. The van der Waals surface area contributed by atoms with Crippen LogP contribution in [0.25, 0.3) is 0 Å². The Morgan fingerprint density at radius 2 is 2.18 bits per heavy atom. The molecule has 1 aromatic heterocycles. The van der Waals surface area contributed by atoms with Crippen LogP contribution < -0.4 is 11.1 Å². The highest BCUT2D eigenvalue weighted by Crippen LogP contribution is 2.15. The van der Waals surface area contributed by atoms with Gasteiger partial charge in [-0.1, -0.05) is 13.8 Å². The van der Waals surface area contributed by atoms with Gasteiger partial charge in [-0.2, -0.15) is 0 Å². The molecule has 17 heavy (non-hydrogen) atoms. The van der Waals surface area contributed by atoms with Crippen LogP contribution in [0.15, 0.2) is 5.38 Å². The molecule has 5 heteroatoms. The average Bonchev–Trinajstić information content (AvgIpc) is 2.78. The molecular formula is C12H24N4S. The quantitative estimate of drug-likeness (QED) is 0.661. The Bertz CT molecular complexity index is 296. The molecule has 1 aromatic rings. The lowest BCUT2D eigenvalue weighted by atomic mass is 10.3. The first kappa shape index (κ1) is 14.4. The summed E-state index contributed by atoms with van der Waals surface area (Å²) >= 11 is 1.67. The minimum absolute atomic E-state index is 0.672. The fraction of sp³-hybridized carbons (Fsp3) is 0.750. The van der Waals surface area contributed by atoms with E-state index in [4.69, 9.17) is 5.73 Å². The Labute approximate surface area is 108 Å². The fourth-order valence-electron chi connectivity index (χ4n) is 1.69. The van der Waals surface area contributed by atoms with E-state index in [1.165, 1.54) is 0 Å². The van der Waals surface area contributed by atoms with Crippen molar-refractivity contribution < 1.29 is 0 Å². The van der Waals surface area contributed by atoms with Gasteiger partial charge in [-0.05, 0) is 32.6 Å². The number of thiazole rings is 1. The molecule has 0 aliphatic carbocycles. The summed E-state index contributed by atoms with van der Waals surface area (Å²) in [5.41, 5.74) is 6.59. The van der Waals surface area contributed by atoms with Gasteiger partial charge in [-0.15, -0.1) is 11.3 Å². The summed E-state index contributed by atoms with van der Waals surface area (Å²) in [7, 11) is 0. The first-order valence-electron chi connectivity index (χ1n) is 6.40. The monoisotopic (exact) mass is 256 g/mol. The SMILES string of the molecule is CCN(CC)CCCNc1nc(CCN)cs1. The Morgan fingerprint density at radius 3 is 2.82 bits per heavy atom. The van der Waals surface area contributed by atoms with Crippen LogP contribution in [-0.4, -0.2) is 42.6 Å². The molecule has 0 aromatic carbocycles. The molecule has 0 spiro atoms. The maximum Gasteiger partial charge on any atom is 0.182 e. The van der Waals surface area contributed by atoms with Crippen LogP contribution in [0.5, 0.6) is 0 Å². The van der Waals surface area contributed by atoms with Gasteiger partial charge in [-0.3, -0.25) is 0 Å². The lowest BCUT2D eigenvalue weighted by Crippen LogP contribution is -2.25. The molecule has 98 valence electrons. The third-order valence-electron chi connectivity index (χ3n) is 2.77. The van der Waals surface area contributed by atoms with E-state index in [2.05, 4.69) is 34.4 Å². The van der Waals surface area contributed by atoms with Gasteiger partial charge in [0.2, 0.25) is 0 Å². The van der Waals surface area contributed by atoms with Crippen LogP contribution in [0, 0.1) is 0 Å². The van der Waals surface area contributed by atoms with E-state index in [0.29, 0.717) is 6.54 Å². The minimum Gasteiger partial charge on any atom is -0.361 e. The van der Waals surface area contributed by atoms with Crippen molar-refractivity contribution in [2.75, 3.05) is 38.0 Å². The van der Waals surface area contributed by atoms with Gasteiger partial charge >= 0.3 is 0 Å². The topological polar surface area (TPSA) is 54.2 Å². The molecule has 3 N–H and O–H groups in total. The molecule has 0 aliphatic rings. The van der Waals surface area contributed by atoms with Crippen LogP contribution in [0.2, 0.25) is 0 Å². The molecule has 0 fully saturated rings. The van der Waals surface area contributed by atoms with Gasteiger partial charge in [0.1, 0.15) is 0 Å². The van der Waals surface area contributed by atoms with Gasteiger partial charge in [0.25, 0.3) is 0 Å². The second-order valence-corrected chi connectivity index (χ2v) is 4.85. The average molecular weight is 256 g/mol. The highest BCUT2D eigenvalue weighted by molar-refractivity contribution is 7.13. The lowest BCUT2D eigenvalue weighted by molar-refractivity contribution is 0.303. The van der Waals surface area contributed by atoms with Crippen LogP contribution in [-0.2, 0) is 6.42 Å². The van der Waals surface area contributed by atoms with E-state index < -0.39 is 0 Å². The molecular weight excluding hydrogens is 232 g/mol. The molecule has 4 nitrogen and oxygen atoms in total. The zero-order chi connectivity index (χ0) is 12.5. The molecule has 0 atom stereocenters. The molecule has 0 radical (unpaired) electrons. The highest BCUT2D eigenvalue weighted by Gasteiger charge is 2.01. The molecule has 1 rings (SSSR count). The Morgan fingerprint density at radius 1 is 1.41 bits per heavy atom. The minimum atomic E-state index is 0.672. The van der Waals surface area contributed by atoms with Gasteiger partial charge in [0.15, 0.2) is 5.13 Å². The van der Waals surface area contributed by atoms with E-state index in [-0.39, 0.29) is 0 Å². The summed E-state index contributed by atoms with van der Waals surface area (Å²) in [6, 6.07) is 0. The number of aromatic nitrogens is 1. The van der Waals surface area contributed by atoms with Crippen LogP contribution in [0.1, 0.15) is 26.0 Å². The summed E-state index contributed by atoms with van der Waals surface area (Å²) in [6.45, 7) is 9.49. The van der Waals surface area contributed by atoms with E-state index in [1.807, 2.05) is 0 Å². The van der Waals surface area contributed by atoms with Gasteiger partial charge < -0.3 is 16.0 Å². The lowest BCUT2D eigenvalue weighted by Gasteiger charge is -2.17. The maximum absolute atomic E-state index is 5.49. The third-order valence-corrected chi connectivity index (χ3v) is 3.62. The largest absolute Gasteiger partial charge is 0.361 e. The van der Waals surface area contributed by atoms with E-state index in [1.54, 1.807) is 11.3 Å². The second-order valence-electron chi connectivity index (χ2n) is 3.99. The Hall–Kier alpha value is -0.650. The van der Waals surface area contributed by atoms with Crippen molar-refractivity contribution in [2.24, 2.45) is 5.73 Å². The molecule has 0 bridgehead atoms. The van der Waals surface area contributed by atoms with Crippen molar-refractivity contribution >= 4 is 16.5 Å². The number of nitrogens with two attached hydrogens (primary N) is 1. The summed E-state index contributed by atoms with van der Waals surface area (Å²) < 4.78 is 0. The summed E-state index contributed by atoms with van der Waals surface area (Å²) in [6.07, 6.45) is 2.03. The summed E-state index contributed by atoms with van der Waals surface area (Å²) in [4.78, 5) is 6.90. The number of anilines is 1. The normalized spacial score (nSPS) is 11.1. The summed E-state index contributed by atoms with van der Waals surface area (Å²) in [5, 5.41) is 6.47. The number of nitrogens with one attached hydrogen (secondary N) is 1. The summed E-state index contributed by atoms with van der Waals surface area (Å²) in [5.74, 6) is 0. The Kier molecular flexibility index (Phi) is 7.16. The predicted molar refractivity (Wildman–Crippen MR) is 75.8 cm³/mol. The molecule has 0 aliphatic heterocycles. The van der Waals surface area contributed by atoms with Gasteiger partial charge in [-0.25, -0.2) is 4.98 Å². The first-order valence-corrected chi connectivity index (χ1v) is 7.28. The molecule has 0 saturated heterocycles. The smallest absolute Gasteiger partial charge is 0.182 e. The van der Waals surface area contributed by atoms with E-state index >= 15 is 0 Å².